The second-order valence-corrected chi connectivity index (χ2v) is 7.71. The molecule has 1 aromatic rings. The van der Waals surface area contributed by atoms with E-state index in [0.29, 0.717) is 18.8 Å². The summed E-state index contributed by atoms with van der Waals surface area (Å²) < 4.78 is 27.0. The number of hydrogen-bond acceptors (Lipinski definition) is 5. The molecule has 0 radical (unpaired) electrons. The van der Waals surface area contributed by atoms with Crippen molar-refractivity contribution in [2.45, 2.75) is 24.3 Å². The van der Waals surface area contributed by atoms with Crippen LogP contribution in [0, 0.1) is 5.92 Å². The van der Waals surface area contributed by atoms with Crippen molar-refractivity contribution in [2.24, 2.45) is 11.7 Å². The van der Waals surface area contributed by atoms with Crippen LogP contribution in [0.4, 0.5) is 0 Å². The zero-order valence-corrected chi connectivity index (χ0v) is 12.9. The fourth-order valence-corrected chi connectivity index (χ4v) is 4.38. The normalized spacial score (nSPS) is 21.6. The highest BCUT2D eigenvalue weighted by atomic mass is 32.2. The van der Waals surface area contributed by atoms with Crippen molar-refractivity contribution in [2.75, 3.05) is 32.7 Å². The van der Waals surface area contributed by atoms with Gasteiger partial charge in [-0.2, -0.15) is 4.31 Å². The molecule has 1 aliphatic carbocycles. The van der Waals surface area contributed by atoms with Gasteiger partial charge < -0.3 is 10.6 Å². The first-order valence-corrected chi connectivity index (χ1v) is 8.91. The van der Waals surface area contributed by atoms with Gasteiger partial charge in [0.2, 0.25) is 10.0 Å². The Bertz CT molecular complexity index is 593. The molecule has 0 bridgehead atoms. The Balaban J connectivity index is 1.70. The number of nitrogens with zero attached hydrogens (tertiary/aromatic N) is 3. The summed E-state index contributed by atoms with van der Waals surface area (Å²) in [5.41, 5.74) is 6.05. The van der Waals surface area contributed by atoms with Gasteiger partial charge in [-0.25, -0.2) is 8.42 Å². The average Bonchev–Trinajstić information content (AvgIpc) is 3.32. The number of sulfonamides is 1. The van der Waals surface area contributed by atoms with Crippen molar-refractivity contribution < 1.29 is 8.42 Å². The van der Waals surface area contributed by atoms with E-state index in [-0.39, 0.29) is 11.4 Å². The van der Waals surface area contributed by atoms with Gasteiger partial charge in [0, 0.05) is 45.5 Å². The molecule has 2 N–H and O–H groups in total. The van der Waals surface area contributed by atoms with Crippen LogP contribution in [0.5, 0.6) is 0 Å². The summed E-state index contributed by atoms with van der Waals surface area (Å²) >= 11 is 0. The molecule has 6 nitrogen and oxygen atoms in total. The highest BCUT2D eigenvalue weighted by Gasteiger charge is 2.32. The molecule has 7 heteroatoms. The standard InChI is InChI=1S/C14H22N4O2S/c15-10-13-14(2-1-5-16-13)21(19,20)18-8-6-17(7-9-18)11-12-3-4-12/h1-2,5,12H,3-4,6-11,15H2. The van der Waals surface area contributed by atoms with Gasteiger partial charge in [-0.05, 0) is 30.9 Å². The van der Waals surface area contributed by atoms with E-state index in [1.807, 2.05) is 0 Å². The lowest BCUT2D eigenvalue weighted by Gasteiger charge is -2.34. The van der Waals surface area contributed by atoms with Gasteiger partial charge in [0.05, 0.1) is 5.69 Å². The zero-order chi connectivity index (χ0) is 14.9. The first-order chi connectivity index (χ1) is 10.1. The molecule has 1 aromatic heterocycles. The van der Waals surface area contributed by atoms with E-state index in [1.54, 1.807) is 22.6 Å². The quantitative estimate of drug-likeness (QED) is 0.844. The van der Waals surface area contributed by atoms with Gasteiger partial charge in [-0.3, -0.25) is 4.98 Å². The maximum Gasteiger partial charge on any atom is 0.245 e. The lowest BCUT2D eigenvalue weighted by molar-refractivity contribution is 0.182. The molecule has 1 saturated heterocycles. The van der Waals surface area contributed by atoms with Crippen LogP contribution in [0.15, 0.2) is 23.2 Å². The molecule has 0 unspecified atom stereocenters. The predicted octanol–water partition coefficient (Wildman–Crippen LogP) is 0.257. The third kappa shape index (κ3) is 3.26. The molecule has 2 aliphatic rings. The Hall–Kier alpha value is -1.02. The highest BCUT2D eigenvalue weighted by molar-refractivity contribution is 7.89. The first-order valence-electron chi connectivity index (χ1n) is 7.47. The number of rotatable bonds is 5. The predicted molar refractivity (Wildman–Crippen MR) is 80.1 cm³/mol. The minimum atomic E-state index is -3.48. The summed E-state index contributed by atoms with van der Waals surface area (Å²) in [5.74, 6) is 0.843. The fourth-order valence-electron chi connectivity index (χ4n) is 2.77. The summed E-state index contributed by atoms with van der Waals surface area (Å²) in [6, 6.07) is 3.25. The van der Waals surface area contributed by atoms with Gasteiger partial charge in [0.1, 0.15) is 4.90 Å². The third-order valence-corrected chi connectivity index (χ3v) is 6.18. The van der Waals surface area contributed by atoms with Crippen LogP contribution in [0.25, 0.3) is 0 Å². The Morgan fingerprint density at radius 1 is 1.24 bits per heavy atom. The first kappa shape index (κ1) is 14.9. The maximum absolute atomic E-state index is 12.7. The van der Waals surface area contributed by atoms with Crippen LogP contribution in [-0.2, 0) is 16.6 Å². The topological polar surface area (TPSA) is 79.5 Å². The van der Waals surface area contributed by atoms with Crippen molar-refractivity contribution in [3.63, 3.8) is 0 Å². The van der Waals surface area contributed by atoms with E-state index >= 15 is 0 Å². The second kappa shape index (κ2) is 6.00. The monoisotopic (exact) mass is 310 g/mol. The third-order valence-electron chi connectivity index (χ3n) is 4.20. The van der Waals surface area contributed by atoms with Crippen LogP contribution in [0.3, 0.4) is 0 Å². The van der Waals surface area contributed by atoms with E-state index in [1.165, 1.54) is 12.8 Å². The van der Waals surface area contributed by atoms with Crippen LogP contribution in [0.1, 0.15) is 18.5 Å². The van der Waals surface area contributed by atoms with Crippen LogP contribution in [0.2, 0.25) is 0 Å². The minimum absolute atomic E-state index is 0.136. The molecule has 1 saturated carbocycles. The van der Waals surface area contributed by atoms with Gasteiger partial charge in [0.15, 0.2) is 0 Å². The van der Waals surface area contributed by atoms with E-state index in [0.717, 1.165) is 25.6 Å². The van der Waals surface area contributed by atoms with Crippen molar-refractivity contribution in [3.05, 3.63) is 24.0 Å². The van der Waals surface area contributed by atoms with Crippen molar-refractivity contribution >= 4 is 10.0 Å². The molecule has 0 amide bonds. The van der Waals surface area contributed by atoms with Crippen molar-refractivity contribution in [3.8, 4) is 0 Å². The number of piperazine rings is 1. The maximum atomic E-state index is 12.7. The molecule has 0 atom stereocenters. The molecule has 0 aromatic carbocycles. The summed E-state index contributed by atoms with van der Waals surface area (Å²) in [6.45, 7) is 3.98. The number of hydrogen-bond donors (Lipinski definition) is 1. The van der Waals surface area contributed by atoms with Crippen molar-refractivity contribution in [1.29, 1.82) is 0 Å². The molecule has 2 heterocycles. The summed E-state index contributed by atoms with van der Waals surface area (Å²) in [7, 11) is -3.48. The summed E-state index contributed by atoms with van der Waals surface area (Å²) in [6.07, 6.45) is 4.23. The van der Waals surface area contributed by atoms with Crippen LogP contribution < -0.4 is 5.73 Å². The fraction of sp³-hybridized carbons (Fsp3) is 0.643. The SMILES string of the molecule is NCc1ncccc1S(=O)(=O)N1CCN(CC2CC2)CC1. The average molecular weight is 310 g/mol. The molecule has 3 rings (SSSR count). The molecule has 116 valence electrons. The van der Waals surface area contributed by atoms with Crippen molar-refractivity contribution in [1.82, 2.24) is 14.2 Å². The largest absolute Gasteiger partial charge is 0.325 e. The van der Waals surface area contributed by atoms with Gasteiger partial charge in [-0.15, -0.1) is 0 Å². The van der Waals surface area contributed by atoms with Gasteiger partial charge in [-0.1, -0.05) is 0 Å². The van der Waals surface area contributed by atoms with Crippen LogP contribution in [-0.4, -0.2) is 55.3 Å². The highest BCUT2D eigenvalue weighted by Crippen LogP contribution is 2.30. The molecule has 2 fully saturated rings. The van der Waals surface area contributed by atoms with Gasteiger partial charge in [0.25, 0.3) is 0 Å². The molecular weight excluding hydrogens is 288 g/mol. The Morgan fingerprint density at radius 2 is 1.95 bits per heavy atom. The van der Waals surface area contributed by atoms with E-state index < -0.39 is 10.0 Å². The van der Waals surface area contributed by atoms with E-state index in [9.17, 15) is 8.42 Å². The molecule has 1 aliphatic heterocycles. The number of pyridine rings is 1. The summed E-state index contributed by atoms with van der Waals surface area (Å²) in [4.78, 5) is 6.70. The lowest BCUT2D eigenvalue weighted by atomic mass is 10.3. The summed E-state index contributed by atoms with van der Waals surface area (Å²) in [5, 5.41) is 0. The Kier molecular flexibility index (Phi) is 4.26. The Labute approximate surface area is 126 Å². The lowest BCUT2D eigenvalue weighted by Crippen LogP contribution is -2.49. The zero-order valence-electron chi connectivity index (χ0n) is 12.1. The van der Waals surface area contributed by atoms with E-state index in [4.69, 9.17) is 5.73 Å². The number of aromatic nitrogens is 1. The molecular formula is C14H22N4O2S. The molecule has 0 spiro atoms. The van der Waals surface area contributed by atoms with E-state index in [2.05, 4.69) is 9.88 Å². The second-order valence-electron chi connectivity index (χ2n) is 5.80. The number of nitrogens with two attached hydrogens (primary N) is 1. The molecule has 21 heavy (non-hydrogen) atoms. The smallest absolute Gasteiger partial charge is 0.245 e. The minimum Gasteiger partial charge on any atom is -0.325 e. The van der Waals surface area contributed by atoms with Gasteiger partial charge >= 0.3 is 0 Å². The Morgan fingerprint density at radius 3 is 2.57 bits per heavy atom. The van der Waals surface area contributed by atoms with Crippen LogP contribution >= 0.6 is 0 Å².